The number of anilines is 1. The van der Waals surface area contributed by atoms with Crippen molar-refractivity contribution in [3.05, 3.63) is 28.9 Å². The first-order valence-electron chi connectivity index (χ1n) is 13.5. The van der Waals surface area contributed by atoms with Gasteiger partial charge in [0.15, 0.2) is 5.69 Å². The molecule has 1 aliphatic carbocycles. The number of sulfone groups is 1. The second-order valence-corrected chi connectivity index (χ2v) is 13.1. The molecular formula is C27H36ClF3N4O6S. The normalized spacial score (nSPS) is 20.1. The minimum Gasteiger partial charge on any atom is -0.496 e. The quantitative estimate of drug-likeness (QED) is 0.335. The van der Waals surface area contributed by atoms with Gasteiger partial charge in [0.1, 0.15) is 21.6 Å². The van der Waals surface area contributed by atoms with Gasteiger partial charge in [0, 0.05) is 36.7 Å². The molecule has 0 radical (unpaired) electrons. The molecule has 0 saturated heterocycles. The number of rotatable bonds is 11. The molecule has 234 valence electrons. The summed E-state index contributed by atoms with van der Waals surface area (Å²) in [5.41, 5.74) is -0.317. The number of alkyl halides is 3. The Morgan fingerprint density at radius 1 is 1.24 bits per heavy atom. The van der Waals surface area contributed by atoms with Crippen molar-refractivity contribution in [3.8, 4) is 17.0 Å². The van der Waals surface area contributed by atoms with Gasteiger partial charge < -0.3 is 20.1 Å². The van der Waals surface area contributed by atoms with Crippen molar-refractivity contribution in [2.45, 2.75) is 70.5 Å². The maximum Gasteiger partial charge on any atom is 0.408 e. The molecule has 1 aliphatic rings. The number of hydrogen-bond donors (Lipinski definition) is 2. The van der Waals surface area contributed by atoms with Crippen LogP contribution in [0.5, 0.6) is 5.75 Å². The molecule has 1 aromatic heterocycles. The molecule has 1 heterocycles. The molecule has 0 spiro atoms. The predicted octanol–water partition coefficient (Wildman–Crippen LogP) is 4.86. The van der Waals surface area contributed by atoms with Crippen molar-refractivity contribution < 1.29 is 40.7 Å². The van der Waals surface area contributed by atoms with Crippen molar-refractivity contribution in [2.75, 3.05) is 31.8 Å². The molecule has 2 aromatic rings. The van der Waals surface area contributed by atoms with E-state index in [4.69, 9.17) is 21.1 Å². The summed E-state index contributed by atoms with van der Waals surface area (Å²) in [6.07, 6.45) is -2.32. The number of benzene rings is 1. The number of aromatic nitrogens is 2. The number of hydrogen-bond acceptors (Lipinski definition) is 8. The van der Waals surface area contributed by atoms with Crippen LogP contribution in [-0.4, -0.2) is 74.1 Å². The second-order valence-electron chi connectivity index (χ2n) is 10.4. The van der Waals surface area contributed by atoms with Gasteiger partial charge >= 0.3 is 12.1 Å². The highest BCUT2D eigenvalue weighted by Gasteiger charge is 2.45. The molecule has 1 fully saturated rings. The number of nitrogens with one attached hydrogen (secondary N) is 2. The van der Waals surface area contributed by atoms with E-state index in [1.165, 1.54) is 36.2 Å². The highest BCUT2D eigenvalue weighted by Crippen LogP contribution is 2.41. The highest BCUT2D eigenvalue weighted by molar-refractivity contribution is 7.91. The van der Waals surface area contributed by atoms with Gasteiger partial charge in [-0.25, -0.2) is 8.42 Å². The molecule has 15 heteroatoms. The van der Waals surface area contributed by atoms with Crippen LogP contribution in [0.25, 0.3) is 11.3 Å². The van der Waals surface area contributed by atoms with Crippen LogP contribution in [0.1, 0.15) is 56.9 Å². The monoisotopic (exact) mass is 636 g/mol. The summed E-state index contributed by atoms with van der Waals surface area (Å²) in [7, 11) is -1.92. The molecule has 0 aliphatic heterocycles. The van der Waals surface area contributed by atoms with Crippen molar-refractivity contribution in [1.29, 1.82) is 0 Å². The Labute approximate surface area is 248 Å². The maximum atomic E-state index is 13.3. The Morgan fingerprint density at radius 3 is 2.40 bits per heavy atom. The number of halogens is 4. The Morgan fingerprint density at radius 2 is 1.88 bits per heavy atom. The molecular weight excluding hydrogens is 601 g/mol. The van der Waals surface area contributed by atoms with Gasteiger partial charge in [-0.1, -0.05) is 11.6 Å². The molecule has 2 N–H and O–H groups in total. The van der Waals surface area contributed by atoms with Crippen molar-refractivity contribution in [2.24, 2.45) is 5.41 Å². The molecule has 0 bridgehead atoms. The van der Waals surface area contributed by atoms with Crippen LogP contribution >= 0.6 is 11.6 Å². The molecule has 3 rings (SSSR count). The molecule has 1 amide bonds. The zero-order valence-corrected chi connectivity index (χ0v) is 25.7. The van der Waals surface area contributed by atoms with E-state index >= 15 is 0 Å². The minimum atomic E-state index is -4.45. The van der Waals surface area contributed by atoms with E-state index in [2.05, 4.69) is 15.7 Å². The summed E-state index contributed by atoms with van der Waals surface area (Å²) in [5, 5.41) is 8.89. The standard InChI is InChI=1S/C27H36ClF3N4O6S/c1-6-35-23(19-9-8-17(14-20(19)40-4)33-16(3)27(29,30)31)21(28)22(34-35)24(36)32-15-26(25(37)41-7-2)12-10-18(11-13-26)42(5,38)39/h8-9,14,16,18,33H,6-7,10-13,15H2,1-5H3,(H,32,36)/t16-,18?,26?/m1/s1. The Hall–Kier alpha value is -3.00. The fourth-order valence-electron chi connectivity index (χ4n) is 5.02. The van der Waals surface area contributed by atoms with E-state index < -0.39 is 44.6 Å². The van der Waals surface area contributed by atoms with E-state index in [1.807, 2.05) is 0 Å². The molecule has 0 unspecified atom stereocenters. The van der Waals surface area contributed by atoms with Gasteiger partial charge in [-0.15, -0.1) is 0 Å². The summed E-state index contributed by atoms with van der Waals surface area (Å²) in [5.74, 6) is -0.957. The zero-order valence-electron chi connectivity index (χ0n) is 24.1. The fraction of sp³-hybridized carbons (Fsp3) is 0.593. The van der Waals surface area contributed by atoms with Crippen molar-refractivity contribution in [1.82, 2.24) is 15.1 Å². The van der Waals surface area contributed by atoms with Gasteiger partial charge in [0.25, 0.3) is 5.91 Å². The van der Waals surface area contributed by atoms with Crippen LogP contribution < -0.4 is 15.4 Å². The van der Waals surface area contributed by atoms with E-state index in [-0.39, 0.29) is 61.0 Å². The van der Waals surface area contributed by atoms with Gasteiger partial charge in [-0.2, -0.15) is 18.3 Å². The van der Waals surface area contributed by atoms with E-state index in [9.17, 15) is 31.2 Å². The first-order valence-corrected chi connectivity index (χ1v) is 15.8. The fourth-order valence-corrected chi connectivity index (χ4v) is 6.44. The Kier molecular flexibility index (Phi) is 10.5. The number of amides is 1. The SMILES string of the molecule is CCOC(=O)C1(CNC(=O)c2nn(CC)c(-c3ccc(N[C@H](C)C(F)(F)F)cc3OC)c2Cl)CCC(S(C)(=O)=O)CC1. The van der Waals surface area contributed by atoms with Crippen molar-refractivity contribution >= 4 is 39.0 Å². The highest BCUT2D eigenvalue weighted by atomic mass is 35.5. The van der Waals surface area contributed by atoms with Crippen LogP contribution in [0.3, 0.4) is 0 Å². The molecule has 1 saturated carbocycles. The number of aryl methyl sites for hydroxylation is 1. The third kappa shape index (κ3) is 7.31. The third-order valence-corrected chi connectivity index (χ3v) is 9.57. The predicted molar refractivity (Wildman–Crippen MR) is 153 cm³/mol. The summed E-state index contributed by atoms with van der Waals surface area (Å²) in [6.45, 7) is 4.77. The van der Waals surface area contributed by atoms with Gasteiger partial charge in [-0.05, 0) is 58.6 Å². The second kappa shape index (κ2) is 13.1. The van der Waals surface area contributed by atoms with E-state index in [0.717, 1.165) is 6.92 Å². The summed E-state index contributed by atoms with van der Waals surface area (Å²) in [6, 6.07) is 2.57. The summed E-state index contributed by atoms with van der Waals surface area (Å²) < 4.78 is 75.4. The summed E-state index contributed by atoms with van der Waals surface area (Å²) in [4.78, 5) is 26.3. The zero-order chi connectivity index (χ0) is 31.5. The molecule has 42 heavy (non-hydrogen) atoms. The number of methoxy groups -OCH3 is 1. The lowest BCUT2D eigenvalue weighted by atomic mass is 9.73. The number of nitrogens with zero attached hydrogens (tertiary/aromatic N) is 2. The van der Waals surface area contributed by atoms with Gasteiger partial charge in [0.2, 0.25) is 0 Å². The first-order chi connectivity index (χ1) is 19.6. The lowest BCUT2D eigenvalue weighted by Crippen LogP contribution is -2.47. The number of carbonyl (C=O) groups excluding carboxylic acids is 2. The molecule has 10 nitrogen and oxygen atoms in total. The number of carbonyl (C=O) groups is 2. The van der Waals surface area contributed by atoms with Crippen LogP contribution in [0.2, 0.25) is 5.02 Å². The van der Waals surface area contributed by atoms with Crippen LogP contribution in [-0.2, 0) is 25.9 Å². The number of esters is 1. The maximum absolute atomic E-state index is 13.3. The van der Waals surface area contributed by atoms with Gasteiger partial charge in [-0.3, -0.25) is 14.3 Å². The van der Waals surface area contributed by atoms with Crippen LogP contribution in [0.15, 0.2) is 18.2 Å². The lowest BCUT2D eigenvalue weighted by molar-refractivity contribution is -0.157. The summed E-state index contributed by atoms with van der Waals surface area (Å²) >= 11 is 6.67. The average molecular weight is 637 g/mol. The lowest BCUT2D eigenvalue weighted by Gasteiger charge is -2.37. The van der Waals surface area contributed by atoms with Crippen LogP contribution in [0, 0.1) is 5.41 Å². The average Bonchev–Trinajstić information content (AvgIpc) is 3.26. The molecule has 1 atom stereocenters. The molecule has 1 aromatic carbocycles. The van der Waals surface area contributed by atoms with E-state index in [0.29, 0.717) is 17.8 Å². The van der Waals surface area contributed by atoms with Gasteiger partial charge in [0.05, 0.1) is 35.1 Å². The van der Waals surface area contributed by atoms with E-state index in [1.54, 1.807) is 13.8 Å². The first kappa shape index (κ1) is 33.5. The van der Waals surface area contributed by atoms with Crippen LogP contribution in [0.4, 0.5) is 18.9 Å². The van der Waals surface area contributed by atoms with Crippen molar-refractivity contribution in [3.63, 3.8) is 0 Å². The number of ether oxygens (including phenoxy) is 2. The third-order valence-electron chi connectivity index (χ3n) is 7.53. The largest absolute Gasteiger partial charge is 0.496 e. The minimum absolute atomic E-state index is 0.0111. The topological polar surface area (TPSA) is 129 Å². The Balaban J connectivity index is 1.88. The Bertz CT molecular complexity index is 1410. The smallest absolute Gasteiger partial charge is 0.408 e.